The Labute approximate surface area is 195 Å². The van der Waals surface area contributed by atoms with Crippen LogP contribution in [-0.2, 0) is 9.59 Å². The Morgan fingerprint density at radius 1 is 0.912 bits per heavy atom. The normalized spacial score (nSPS) is 17.4. The SMILES string of the molecule is COc1ccc(C2/C(=C(/O)c3cccc4ccccc34)C(=O)C(=O)N2c2cccc(F)c2)cc1. The summed E-state index contributed by atoms with van der Waals surface area (Å²) in [5.41, 5.74) is 1.18. The van der Waals surface area contributed by atoms with Gasteiger partial charge in [0.1, 0.15) is 17.3 Å². The molecule has 5 rings (SSSR count). The molecule has 4 aromatic rings. The van der Waals surface area contributed by atoms with E-state index in [0.29, 0.717) is 16.9 Å². The molecule has 0 saturated carbocycles. The highest BCUT2D eigenvalue weighted by atomic mass is 19.1. The van der Waals surface area contributed by atoms with Crippen molar-refractivity contribution < 1.29 is 23.8 Å². The van der Waals surface area contributed by atoms with Gasteiger partial charge in [-0.15, -0.1) is 0 Å². The Bertz CT molecular complexity index is 1450. The van der Waals surface area contributed by atoms with Crippen molar-refractivity contribution in [2.45, 2.75) is 6.04 Å². The minimum Gasteiger partial charge on any atom is -0.507 e. The van der Waals surface area contributed by atoms with Crippen LogP contribution < -0.4 is 9.64 Å². The van der Waals surface area contributed by atoms with E-state index in [1.807, 2.05) is 30.3 Å². The van der Waals surface area contributed by atoms with Gasteiger partial charge in [0.25, 0.3) is 11.7 Å². The molecule has 0 aliphatic carbocycles. The molecule has 1 heterocycles. The predicted octanol–water partition coefficient (Wildman–Crippen LogP) is 5.61. The van der Waals surface area contributed by atoms with E-state index in [4.69, 9.17) is 4.74 Å². The number of hydrogen-bond donors (Lipinski definition) is 1. The molecule has 34 heavy (non-hydrogen) atoms. The van der Waals surface area contributed by atoms with Crippen LogP contribution in [0.1, 0.15) is 17.2 Å². The van der Waals surface area contributed by atoms with Crippen molar-refractivity contribution in [3.8, 4) is 5.75 Å². The van der Waals surface area contributed by atoms with Gasteiger partial charge < -0.3 is 9.84 Å². The lowest BCUT2D eigenvalue weighted by molar-refractivity contribution is -0.132. The summed E-state index contributed by atoms with van der Waals surface area (Å²) in [7, 11) is 1.54. The van der Waals surface area contributed by atoms with Gasteiger partial charge in [0, 0.05) is 11.3 Å². The number of ether oxygens (including phenoxy) is 1. The minimum atomic E-state index is -0.952. The molecule has 0 spiro atoms. The van der Waals surface area contributed by atoms with E-state index in [0.717, 1.165) is 10.8 Å². The van der Waals surface area contributed by atoms with Crippen LogP contribution in [0.3, 0.4) is 0 Å². The highest BCUT2D eigenvalue weighted by molar-refractivity contribution is 6.51. The van der Waals surface area contributed by atoms with Gasteiger partial charge >= 0.3 is 0 Å². The lowest BCUT2D eigenvalue weighted by Gasteiger charge is -2.25. The number of carbonyl (C=O) groups excluding carboxylic acids is 2. The quantitative estimate of drug-likeness (QED) is 0.248. The van der Waals surface area contributed by atoms with Gasteiger partial charge in [0.2, 0.25) is 0 Å². The Kier molecular flexibility index (Phi) is 5.34. The molecule has 168 valence electrons. The Morgan fingerprint density at radius 2 is 1.62 bits per heavy atom. The third-order valence-corrected chi connectivity index (χ3v) is 6.01. The van der Waals surface area contributed by atoms with Crippen LogP contribution in [0, 0.1) is 5.82 Å². The number of fused-ring (bicyclic) bond motifs is 1. The lowest BCUT2D eigenvalue weighted by atomic mass is 9.93. The zero-order valence-electron chi connectivity index (χ0n) is 18.2. The van der Waals surface area contributed by atoms with Crippen molar-refractivity contribution in [2.75, 3.05) is 12.0 Å². The Balaban J connectivity index is 1.77. The molecule has 1 aliphatic heterocycles. The van der Waals surface area contributed by atoms with Gasteiger partial charge in [0.05, 0.1) is 18.7 Å². The van der Waals surface area contributed by atoms with E-state index < -0.39 is 23.5 Å². The smallest absolute Gasteiger partial charge is 0.300 e. The summed E-state index contributed by atoms with van der Waals surface area (Å²) in [5.74, 6) is -1.90. The van der Waals surface area contributed by atoms with E-state index in [9.17, 15) is 19.1 Å². The van der Waals surface area contributed by atoms with Crippen molar-refractivity contribution in [1.82, 2.24) is 0 Å². The second-order valence-corrected chi connectivity index (χ2v) is 7.95. The number of carbonyl (C=O) groups is 2. The van der Waals surface area contributed by atoms with E-state index in [1.165, 1.54) is 30.2 Å². The van der Waals surface area contributed by atoms with Crippen LogP contribution in [0.25, 0.3) is 16.5 Å². The van der Waals surface area contributed by atoms with Gasteiger partial charge in [-0.05, 0) is 46.7 Å². The highest BCUT2D eigenvalue weighted by Gasteiger charge is 2.47. The molecule has 1 amide bonds. The zero-order chi connectivity index (χ0) is 23.8. The third kappa shape index (κ3) is 3.49. The summed E-state index contributed by atoms with van der Waals surface area (Å²) in [5, 5.41) is 13.1. The van der Waals surface area contributed by atoms with Crippen LogP contribution in [0.2, 0.25) is 0 Å². The number of halogens is 1. The highest BCUT2D eigenvalue weighted by Crippen LogP contribution is 2.43. The molecule has 6 heteroatoms. The minimum absolute atomic E-state index is 0.0595. The molecule has 5 nitrogen and oxygen atoms in total. The number of nitrogens with zero attached hydrogens (tertiary/aromatic N) is 1. The maximum absolute atomic E-state index is 14.1. The van der Waals surface area contributed by atoms with E-state index >= 15 is 0 Å². The molecule has 0 aromatic heterocycles. The Hall–Kier alpha value is -4.45. The number of aliphatic hydroxyl groups excluding tert-OH is 1. The third-order valence-electron chi connectivity index (χ3n) is 6.01. The number of methoxy groups -OCH3 is 1. The molecule has 1 saturated heterocycles. The number of anilines is 1. The van der Waals surface area contributed by atoms with Gasteiger partial charge in [-0.3, -0.25) is 14.5 Å². The number of rotatable bonds is 4. The fourth-order valence-corrected chi connectivity index (χ4v) is 4.40. The van der Waals surface area contributed by atoms with Crippen molar-refractivity contribution in [3.63, 3.8) is 0 Å². The monoisotopic (exact) mass is 453 g/mol. The van der Waals surface area contributed by atoms with E-state index in [-0.39, 0.29) is 17.0 Å². The summed E-state index contributed by atoms with van der Waals surface area (Å²) >= 11 is 0. The molecule has 1 fully saturated rings. The van der Waals surface area contributed by atoms with Gasteiger partial charge in [-0.25, -0.2) is 4.39 Å². The molecular weight excluding hydrogens is 433 g/mol. The maximum atomic E-state index is 14.1. The summed E-state index contributed by atoms with van der Waals surface area (Å²) in [6, 6.07) is 24.2. The summed E-state index contributed by atoms with van der Waals surface area (Å²) in [6.45, 7) is 0. The Morgan fingerprint density at radius 3 is 2.35 bits per heavy atom. The number of aliphatic hydroxyl groups is 1. The number of Topliss-reactive ketones (excluding diaryl/α,β-unsaturated/α-hetero) is 1. The molecule has 0 radical (unpaired) electrons. The second-order valence-electron chi connectivity index (χ2n) is 7.95. The van der Waals surface area contributed by atoms with E-state index in [2.05, 4.69) is 0 Å². The van der Waals surface area contributed by atoms with Crippen molar-refractivity contribution in [1.29, 1.82) is 0 Å². The molecule has 1 N–H and O–H groups in total. The number of amides is 1. The second kappa shape index (κ2) is 8.48. The largest absolute Gasteiger partial charge is 0.507 e. The van der Waals surface area contributed by atoms with Gasteiger partial charge in [0.15, 0.2) is 0 Å². The average molecular weight is 453 g/mol. The van der Waals surface area contributed by atoms with Crippen LogP contribution in [0.4, 0.5) is 10.1 Å². The molecule has 0 bridgehead atoms. The summed E-state index contributed by atoms with van der Waals surface area (Å²) in [4.78, 5) is 27.7. The molecule has 1 aliphatic rings. The van der Waals surface area contributed by atoms with Crippen LogP contribution in [0.15, 0.2) is 96.6 Å². The van der Waals surface area contributed by atoms with E-state index in [1.54, 1.807) is 42.5 Å². The lowest BCUT2D eigenvalue weighted by Crippen LogP contribution is -2.29. The topological polar surface area (TPSA) is 66.8 Å². The molecule has 1 unspecified atom stereocenters. The zero-order valence-corrected chi connectivity index (χ0v) is 18.2. The first-order chi connectivity index (χ1) is 16.5. The van der Waals surface area contributed by atoms with Crippen molar-refractivity contribution >= 4 is 33.9 Å². The van der Waals surface area contributed by atoms with Crippen molar-refractivity contribution in [3.05, 3.63) is 114 Å². The van der Waals surface area contributed by atoms with Crippen LogP contribution in [0.5, 0.6) is 5.75 Å². The summed E-state index contributed by atoms with van der Waals surface area (Å²) in [6.07, 6.45) is 0. The van der Waals surface area contributed by atoms with Crippen LogP contribution >= 0.6 is 0 Å². The number of benzene rings is 4. The predicted molar refractivity (Wildman–Crippen MR) is 128 cm³/mol. The first-order valence-corrected chi connectivity index (χ1v) is 10.7. The van der Waals surface area contributed by atoms with Gasteiger partial charge in [-0.2, -0.15) is 0 Å². The number of ketones is 1. The fraction of sp³-hybridized carbons (Fsp3) is 0.0714. The first kappa shape index (κ1) is 21.4. The fourth-order valence-electron chi connectivity index (χ4n) is 4.40. The number of hydrogen-bond acceptors (Lipinski definition) is 4. The summed E-state index contributed by atoms with van der Waals surface area (Å²) < 4.78 is 19.3. The van der Waals surface area contributed by atoms with Crippen molar-refractivity contribution in [2.24, 2.45) is 0 Å². The molecule has 1 atom stereocenters. The first-order valence-electron chi connectivity index (χ1n) is 10.7. The maximum Gasteiger partial charge on any atom is 0.300 e. The molecular formula is C28H20FNO4. The standard InChI is InChI=1S/C28H20FNO4/c1-34-21-14-12-18(13-15-21)25-24(26(31)23-11-4-7-17-6-2-3-10-22(17)23)27(32)28(33)30(25)20-9-5-8-19(29)16-20/h2-16,25,31H,1H3/b26-24-. The van der Waals surface area contributed by atoms with Crippen LogP contribution in [-0.4, -0.2) is 23.9 Å². The molecule has 4 aromatic carbocycles. The van der Waals surface area contributed by atoms with Gasteiger partial charge in [-0.1, -0.05) is 60.7 Å². The average Bonchev–Trinajstić information content (AvgIpc) is 3.13.